The Hall–Kier alpha value is -2.77. The average molecular weight is 405 g/mol. The van der Waals surface area contributed by atoms with E-state index in [2.05, 4.69) is 17.1 Å². The van der Waals surface area contributed by atoms with E-state index >= 15 is 0 Å². The van der Waals surface area contributed by atoms with Gasteiger partial charge in [-0.05, 0) is 32.4 Å². The van der Waals surface area contributed by atoms with Gasteiger partial charge in [0.25, 0.3) is 0 Å². The quantitative estimate of drug-likeness (QED) is 0.652. The maximum atomic E-state index is 11.4. The first-order valence-corrected chi connectivity index (χ1v) is 9.86. The molecule has 0 aliphatic carbocycles. The highest BCUT2D eigenvalue weighted by Gasteiger charge is 2.09. The van der Waals surface area contributed by atoms with E-state index in [0.29, 0.717) is 24.3 Å². The molecule has 0 radical (unpaired) electrons. The number of hydrogen-bond acceptors (Lipinski definition) is 5. The molecule has 160 valence electrons. The lowest BCUT2D eigenvalue weighted by Gasteiger charge is -1.95. The number of carboxylic acids is 1. The highest BCUT2D eigenvalue weighted by molar-refractivity contribution is 5.83. The standard InChI is InChI=1S/C11H18N2O.C10H14N2O3/c1-4-5-6-11(14)8-10-7-9(2)13(3)12-10;1-7-5-8(11-12(7)2)6-9(13)3-4-10(14)15/h7H,4-6,8H2,1-3H3;5H,3-4,6H2,1-2H3,(H,14,15). The highest BCUT2D eigenvalue weighted by Crippen LogP contribution is 2.06. The number of rotatable bonds is 10. The molecular formula is C21H32N4O4. The second kappa shape index (κ2) is 11.9. The second-order valence-corrected chi connectivity index (χ2v) is 7.23. The SMILES string of the molecule is CCCCC(=O)Cc1cc(C)n(C)n1.Cc1cc(CC(=O)CCC(=O)O)nn1C. The third-order valence-electron chi connectivity index (χ3n) is 4.51. The van der Waals surface area contributed by atoms with Crippen molar-refractivity contribution in [1.82, 2.24) is 19.6 Å². The van der Waals surface area contributed by atoms with Crippen molar-refractivity contribution in [3.05, 3.63) is 34.9 Å². The summed E-state index contributed by atoms with van der Waals surface area (Å²) < 4.78 is 3.50. The van der Waals surface area contributed by atoms with Crippen molar-refractivity contribution in [3.8, 4) is 0 Å². The number of carboxylic acid groups (broad SMARTS) is 1. The van der Waals surface area contributed by atoms with Gasteiger partial charge < -0.3 is 5.11 Å². The fourth-order valence-corrected chi connectivity index (χ4v) is 2.64. The van der Waals surface area contributed by atoms with Crippen LogP contribution in [0.2, 0.25) is 0 Å². The fourth-order valence-electron chi connectivity index (χ4n) is 2.64. The van der Waals surface area contributed by atoms with Gasteiger partial charge in [-0.3, -0.25) is 23.7 Å². The third-order valence-corrected chi connectivity index (χ3v) is 4.51. The highest BCUT2D eigenvalue weighted by atomic mass is 16.4. The number of aliphatic carboxylic acids is 1. The molecule has 2 rings (SSSR count). The van der Waals surface area contributed by atoms with Gasteiger partial charge in [0.2, 0.25) is 0 Å². The van der Waals surface area contributed by atoms with Crippen molar-refractivity contribution in [3.63, 3.8) is 0 Å². The molecule has 0 aromatic carbocycles. The van der Waals surface area contributed by atoms with Crippen LogP contribution in [-0.4, -0.2) is 42.2 Å². The molecule has 0 aliphatic rings. The Kier molecular flexibility index (Phi) is 9.99. The molecule has 0 spiro atoms. The van der Waals surface area contributed by atoms with E-state index in [1.165, 1.54) is 0 Å². The Labute approximate surface area is 171 Å². The number of ketones is 2. The Bertz CT molecular complexity index is 797. The predicted octanol–water partition coefficient (Wildman–Crippen LogP) is 2.74. The number of aromatic nitrogens is 4. The molecule has 2 heterocycles. The van der Waals surface area contributed by atoms with Crippen LogP contribution in [0.15, 0.2) is 12.1 Å². The van der Waals surface area contributed by atoms with E-state index in [-0.39, 0.29) is 25.0 Å². The van der Waals surface area contributed by atoms with Crippen LogP contribution in [0.3, 0.4) is 0 Å². The second-order valence-electron chi connectivity index (χ2n) is 7.23. The molecule has 0 amide bonds. The van der Waals surface area contributed by atoms with Gasteiger partial charge in [0.05, 0.1) is 30.7 Å². The van der Waals surface area contributed by atoms with Gasteiger partial charge in [-0.2, -0.15) is 10.2 Å². The third kappa shape index (κ3) is 9.32. The molecule has 8 nitrogen and oxygen atoms in total. The van der Waals surface area contributed by atoms with Crippen LogP contribution in [0.5, 0.6) is 0 Å². The van der Waals surface area contributed by atoms with Gasteiger partial charge in [0.15, 0.2) is 0 Å². The molecule has 0 aliphatic heterocycles. The topological polar surface area (TPSA) is 107 Å². The molecule has 0 fully saturated rings. The van der Waals surface area contributed by atoms with Crippen molar-refractivity contribution < 1.29 is 19.5 Å². The number of aryl methyl sites for hydroxylation is 4. The van der Waals surface area contributed by atoms with E-state index in [4.69, 9.17) is 5.11 Å². The van der Waals surface area contributed by atoms with Crippen LogP contribution >= 0.6 is 0 Å². The molecule has 0 saturated carbocycles. The van der Waals surface area contributed by atoms with Crippen molar-refractivity contribution in [2.45, 2.75) is 65.7 Å². The minimum atomic E-state index is -0.944. The van der Waals surface area contributed by atoms with Crippen LogP contribution in [0.25, 0.3) is 0 Å². The molecule has 29 heavy (non-hydrogen) atoms. The van der Waals surface area contributed by atoms with Gasteiger partial charge in [-0.1, -0.05) is 13.3 Å². The summed E-state index contributed by atoms with van der Waals surface area (Å²) in [5, 5.41) is 16.8. The van der Waals surface area contributed by atoms with Crippen molar-refractivity contribution >= 4 is 17.5 Å². The summed E-state index contributed by atoms with van der Waals surface area (Å²) in [6.07, 6.45) is 3.43. The number of carbonyl (C=O) groups excluding carboxylic acids is 2. The largest absolute Gasteiger partial charge is 0.481 e. The lowest BCUT2D eigenvalue weighted by Crippen LogP contribution is -2.06. The van der Waals surface area contributed by atoms with Gasteiger partial charge in [-0.15, -0.1) is 0 Å². The van der Waals surface area contributed by atoms with E-state index in [1.54, 1.807) is 11.7 Å². The molecule has 2 aromatic rings. The Morgan fingerprint density at radius 2 is 1.31 bits per heavy atom. The van der Waals surface area contributed by atoms with Crippen LogP contribution in [-0.2, 0) is 41.3 Å². The summed E-state index contributed by atoms with van der Waals surface area (Å²) in [5.41, 5.74) is 3.68. The fraction of sp³-hybridized carbons (Fsp3) is 0.571. The Morgan fingerprint density at radius 3 is 1.66 bits per heavy atom. The lowest BCUT2D eigenvalue weighted by atomic mass is 10.1. The predicted molar refractivity (Wildman–Crippen MR) is 110 cm³/mol. The number of carbonyl (C=O) groups is 3. The zero-order chi connectivity index (χ0) is 22.0. The molecule has 2 aromatic heterocycles. The van der Waals surface area contributed by atoms with Gasteiger partial charge >= 0.3 is 5.97 Å². The number of nitrogens with zero attached hydrogens (tertiary/aromatic N) is 4. The summed E-state index contributed by atoms with van der Waals surface area (Å²) in [5.74, 6) is -0.735. The van der Waals surface area contributed by atoms with Crippen LogP contribution in [0, 0.1) is 13.8 Å². The number of unbranched alkanes of at least 4 members (excludes halogenated alkanes) is 1. The van der Waals surface area contributed by atoms with Crippen LogP contribution in [0.1, 0.15) is 61.8 Å². The monoisotopic (exact) mass is 404 g/mol. The zero-order valence-electron chi connectivity index (χ0n) is 18.1. The molecule has 0 unspecified atom stereocenters. The normalized spacial score (nSPS) is 10.4. The first-order valence-electron chi connectivity index (χ1n) is 9.86. The van der Waals surface area contributed by atoms with Crippen molar-refractivity contribution in [2.75, 3.05) is 0 Å². The molecule has 8 heteroatoms. The summed E-state index contributed by atoms with van der Waals surface area (Å²) in [4.78, 5) is 33.0. The van der Waals surface area contributed by atoms with E-state index in [0.717, 1.165) is 29.9 Å². The summed E-state index contributed by atoms with van der Waals surface area (Å²) >= 11 is 0. The van der Waals surface area contributed by atoms with Crippen molar-refractivity contribution in [2.24, 2.45) is 14.1 Å². The smallest absolute Gasteiger partial charge is 0.303 e. The van der Waals surface area contributed by atoms with E-state index in [9.17, 15) is 14.4 Å². The minimum absolute atomic E-state index is 0.0744. The molecule has 0 bridgehead atoms. The molecule has 0 atom stereocenters. The van der Waals surface area contributed by atoms with Gasteiger partial charge in [0, 0.05) is 38.3 Å². The number of Topliss-reactive ketones (excluding diaryl/α,β-unsaturated/α-hetero) is 2. The average Bonchev–Trinajstić information content (AvgIpc) is 3.12. The van der Waals surface area contributed by atoms with Crippen molar-refractivity contribution in [1.29, 1.82) is 0 Å². The maximum Gasteiger partial charge on any atom is 0.303 e. The van der Waals surface area contributed by atoms with Crippen LogP contribution < -0.4 is 0 Å². The van der Waals surface area contributed by atoms with Gasteiger partial charge in [-0.25, -0.2) is 0 Å². The Balaban J connectivity index is 0.000000291. The zero-order valence-corrected chi connectivity index (χ0v) is 18.1. The van der Waals surface area contributed by atoms with Crippen LogP contribution in [0.4, 0.5) is 0 Å². The molecule has 1 N–H and O–H groups in total. The molecular weight excluding hydrogens is 372 g/mol. The summed E-state index contributed by atoms with van der Waals surface area (Å²) in [6.45, 7) is 5.99. The minimum Gasteiger partial charge on any atom is -0.481 e. The molecule has 0 saturated heterocycles. The summed E-state index contributed by atoms with van der Waals surface area (Å²) in [6, 6.07) is 3.81. The first kappa shape index (κ1) is 24.3. The summed E-state index contributed by atoms with van der Waals surface area (Å²) in [7, 11) is 3.70. The number of hydrogen-bond donors (Lipinski definition) is 1. The Morgan fingerprint density at radius 1 is 0.862 bits per heavy atom. The maximum absolute atomic E-state index is 11.4. The van der Waals surface area contributed by atoms with Gasteiger partial charge in [0.1, 0.15) is 11.6 Å². The first-order chi connectivity index (χ1) is 13.6. The lowest BCUT2D eigenvalue weighted by molar-refractivity contribution is -0.138. The van der Waals surface area contributed by atoms with E-state index < -0.39 is 5.97 Å². The van der Waals surface area contributed by atoms with E-state index in [1.807, 2.05) is 37.7 Å².